The molecular weight excluding hydrogens is 343 g/mol. The molecule has 0 radical (unpaired) electrons. The number of aromatic nitrogens is 3. The normalized spacial score (nSPS) is 16.0. The molecule has 2 aromatic heterocycles. The molecule has 8 nitrogen and oxygen atoms in total. The zero-order valence-electron chi connectivity index (χ0n) is 14.4. The van der Waals surface area contributed by atoms with E-state index in [0.717, 1.165) is 49.2 Å². The van der Waals surface area contributed by atoms with E-state index in [4.69, 9.17) is 14.5 Å². The van der Waals surface area contributed by atoms with Gasteiger partial charge in [0, 0.05) is 24.6 Å². The Labute approximate surface area is 146 Å². The van der Waals surface area contributed by atoms with E-state index in [1.54, 1.807) is 0 Å². The lowest BCUT2D eigenvalue weighted by molar-refractivity contribution is 0.382. The molecule has 9 heteroatoms. The molecule has 0 aromatic carbocycles. The van der Waals surface area contributed by atoms with Gasteiger partial charge in [-0.05, 0) is 38.2 Å². The van der Waals surface area contributed by atoms with Gasteiger partial charge in [0.05, 0.1) is 12.8 Å². The second kappa shape index (κ2) is 7.64. The average Bonchev–Trinajstić information content (AvgIpc) is 2.62. The summed E-state index contributed by atoms with van der Waals surface area (Å²) in [5, 5.41) is 7.68. The van der Waals surface area contributed by atoms with Crippen LogP contribution < -0.4 is 15.2 Å². The molecule has 0 saturated carbocycles. The van der Waals surface area contributed by atoms with E-state index in [0.29, 0.717) is 23.3 Å². The lowest BCUT2D eigenvalue weighted by atomic mass is 9.94. The van der Waals surface area contributed by atoms with Crippen LogP contribution in [0.1, 0.15) is 25.0 Å². The molecule has 1 saturated heterocycles. The number of nitrogens with one attached hydrogen (secondary N) is 1. The Morgan fingerprint density at radius 3 is 2.76 bits per heavy atom. The number of fused-ring (bicyclic) bond motifs is 1. The smallest absolute Gasteiger partial charge is 0.277 e. The molecule has 0 bridgehead atoms. The average molecular weight is 366 g/mol. The summed E-state index contributed by atoms with van der Waals surface area (Å²) in [4.78, 5) is 36.9. The maximum Gasteiger partial charge on any atom is 0.277 e. The number of ether oxygens (including phenoxy) is 1. The Morgan fingerprint density at radius 1 is 1.40 bits per heavy atom. The molecular formula is C16H23N4O4P. The summed E-state index contributed by atoms with van der Waals surface area (Å²) in [6.45, 7) is 3.53. The Morgan fingerprint density at radius 2 is 2.12 bits per heavy atom. The third-order valence-corrected chi connectivity index (χ3v) is 5.44. The number of methoxy groups -OCH3 is 1. The van der Waals surface area contributed by atoms with E-state index >= 15 is 0 Å². The number of anilines is 1. The van der Waals surface area contributed by atoms with Gasteiger partial charge >= 0.3 is 0 Å². The molecule has 1 fully saturated rings. The third kappa shape index (κ3) is 3.92. The van der Waals surface area contributed by atoms with Crippen molar-refractivity contribution in [2.24, 2.45) is 5.92 Å². The van der Waals surface area contributed by atoms with E-state index in [2.05, 4.69) is 20.1 Å². The molecule has 1 aliphatic heterocycles. The van der Waals surface area contributed by atoms with Crippen LogP contribution in [-0.2, 0) is 0 Å². The van der Waals surface area contributed by atoms with Gasteiger partial charge in [-0.25, -0.2) is 5.10 Å². The van der Waals surface area contributed by atoms with Crippen molar-refractivity contribution in [3.8, 4) is 5.88 Å². The van der Waals surface area contributed by atoms with Crippen LogP contribution in [0.25, 0.3) is 10.8 Å². The third-order valence-electron chi connectivity index (χ3n) is 4.78. The first kappa shape index (κ1) is 18.0. The van der Waals surface area contributed by atoms with Gasteiger partial charge in [0.2, 0.25) is 5.88 Å². The summed E-state index contributed by atoms with van der Waals surface area (Å²) in [5.74, 6) is 1.60. The molecule has 3 N–H and O–H groups in total. The predicted octanol–water partition coefficient (Wildman–Crippen LogP) is 1.54. The fourth-order valence-corrected chi connectivity index (χ4v) is 3.92. The van der Waals surface area contributed by atoms with Crippen LogP contribution in [0.3, 0.4) is 0 Å². The molecule has 25 heavy (non-hydrogen) atoms. The lowest BCUT2D eigenvalue weighted by Gasteiger charge is -2.33. The van der Waals surface area contributed by atoms with Gasteiger partial charge in [-0.15, -0.1) is 0 Å². The highest BCUT2D eigenvalue weighted by atomic mass is 31.2. The Balaban J connectivity index is 1.83. The number of aromatic amines is 1. The minimum atomic E-state index is -1.80. The topological polar surface area (TPSA) is 112 Å². The van der Waals surface area contributed by atoms with E-state index < -0.39 is 8.38 Å². The standard InChI is InChI=1S/C16H23N4O4P/c1-10-12-9-13(17-16(24-2)14(12)15(21)19-18-10)20-6-3-11(4-7-20)5-8-25(22)23/h9,11,22-23H,3-8H2,1-2H3,(H,19,21). The summed E-state index contributed by atoms with van der Waals surface area (Å²) in [6.07, 6.45) is 3.30. The van der Waals surface area contributed by atoms with Crippen LogP contribution in [0, 0.1) is 12.8 Å². The summed E-state index contributed by atoms with van der Waals surface area (Å²) in [6, 6.07) is 1.90. The van der Waals surface area contributed by atoms with Crippen LogP contribution in [0.4, 0.5) is 5.82 Å². The lowest BCUT2D eigenvalue weighted by Crippen LogP contribution is -2.34. The van der Waals surface area contributed by atoms with Gasteiger partial charge in [-0.2, -0.15) is 10.1 Å². The zero-order chi connectivity index (χ0) is 18.0. The van der Waals surface area contributed by atoms with Gasteiger partial charge in [-0.1, -0.05) is 0 Å². The Hall–Kier alpha value is -1.76. The van der Waals surface area contributed by atoms with Gasteiger partial charge < -0.3 is 19.4 Å². The van der Waals surface area contributed by atoms with Crippen LogP contribution in [0.2, 0.25) is 0 Å². The minimum Gasteiger partial charge on any atom is -0.480 e. The second-order valence-electron chi connectivity index (χ2n) is 6.37. The molecule has 3 heterocycles. The van der Waals surface area contributed by atoms with E-state index in [-0.39, 0.29) is 5.56 Å². The van der Waals surface area contributed by atoms with E-state index in [1.807, 2.05) is 13.0 Å². The highest BCUT2D eigenvalue weighted by Crippen LogP contribution is 2.32. The molecule has 136 valence electrons. The first-order valence-corrected chi connectivity index (χ1v) is 9.77. The molecule has 3 rings (SSSR count). The number of piperidine rings is 1. The van der Waals surface area contributed by atoms with Crippen molar-refractivity contribution in [3.05, 3.63) is 22.1 Å². The van der Waals surface area contributed by atoms with Crippen LogP contribution >= 0.6 is 8.38 Å². The van der Waals surface area contributed by atoms with Gasteiger partial charge in [0.25, 0.3) is 5.56 Å². The first-order valence-electron chi connectivity index (χ1n) is 8.34. The molecule has 0 unspecified atom stereocenters. The van der Waals surface area contributed by atoms with Crippen LogP contribution in [-0.4, -0.2) is 51.3 Å². The highest BCUT2D eigenvalue weighted by Gasteiger charge is 2.23. The fraction of sp³-hybridized carbons (Fsp3) is 0.562. The highest BCUT2D eigenvalue weighted by molar-refractivity contribution is 7.45. The molecule has 0 aliphatic carbocycles. The number of hydrogen-bond acceptors (Lipinski definition) is 7. The number of rotatable bonds is 5. The molecule has 0 spiro atoms. The van der Waals surface area contributed by atoms with Crippen molar-refractivity contribution in [1.29, 1.82) is 0 Å². The maximum atomic E-state index is 12.1. The second-order valence-corrected chi connectivity index (χ2v) is 7.56. The number of aryl methyl sites for hydroxylation is 1. The molecule has 2 aromatic rings. The summed E-state index contributed by atoms with van der Waals surface area (Å²) >= 11 is 0. The maximum absolute atomic E-state index is 12.1. The number of nitrogens with zero attached hydrogens (tertiary/aromatic N) is 3. The first-order chi connectivity index (χ1) is 12.0. The van der Waals surface area contributed by atoms with Crippen molar-refractivity contribution in [2.75, 3.05) is 31.3 Å². The summed E-state index contributed by atoms with van der Waals surface area (Å²) in [7, 11) is -0.287. The van der Waals surface area contributed by atoms with Crippen molar-refractivity contribution >= 4 is 25.0 Å². The molecule has 0 atom stereocenters. The van der Waals surface area contributed by atoms with Crippen molar-refractivity contribution < 1.29 is 14.5 Å². The van der Waals surface area contributed by atoms with E-state index in [9.17, 15) is 4.79 Å². The predicted molar refractivity (Wildman–Crippen MR) is 97.2 cm³/mol. The van der Waals surface area contributed by atoms with Crippen molar-refractivity contribution in [1.82, 2.24) is 15.2 Å². The molecule has 1 aliphatic rings. The number of hydrogen-bond donors (Lipinski definition) is 3. The molecule has 0 amide bonds. The van der Waals surface area contributed by atoms with Crippen molar-refractivity contribution in [2.45, 2.75) is 26.2 Å². The largest absolute Gasteiger partial charge is 0.480 e. The zero-order valence-corrected chi connectivity index (χ0v) is 15.3. The van der Waals surface area contributed by atoms with E-state index in [1.165, 1.54) is 7.11 Å². The number of H-pyrrole nitrogens is 1. The van der Waals surface area contributed by atoms with Crippen LogP contribution in [0.15, 0.2) is 10.9 Å². The summed E-state index contributed by atoms with van der Waals surface area (Å²) < 4.78 is 5.34. The van der Waals surface area contributed by atoms with Gasteiger partial charge in [0.1, 0.15) is 11.2 Å². The number of pyridine rings is 1. The van der Waals surface area contributed by atoms with Crippen LogP contribution in [0.5, 0.6) is 5.88 Å². The minimum absolute atomic E-state index is 0.306. The SMILES string of the molecule is COc1nc(N2CCC(CCP(O)O)CC2)cc2c(C)n[nH]c(=O)c12. The Bertz CT molecular complexity index is 803. The summed E-state index contributed by atoms with van der Waals surface area (Å²) in [5.41, 5.74) is 0.422. The quantitative estimate of drug-likeness (QED) is 0.688. The van der Waals surface area contributed by atoms with Gasteiger partial charge in [0.15, 0.2) is 8.38 Å². The van der Waals surface area contributed by atoms with Gasteiger partial charge in [-0.3, -0.25) is 4.79 Å². The fourth-order valence-electron chi connectivity index (χ4n) is 3.32. The van der Waals surface area contributed by atoms with Crippen molar-refractivity contribution in [3.63, 3.8) is 0 Å². The Kier molecular flexibility index (Phi) is 5.51. The monoisotopic (exact) mass is 366 g/mol.